The Morgan fingerprint density at radius 1 is 1.35 bits per heavy atom. The van der Waals surface area contributed by atoms with Gasteiger partial charge in [-0.25, -0.2) is 0 Å². The van der Waals surface area contributed by atoms with Crippen LogP contribution in [0.15, 0.2) is 43.0 Å². The van der Waals surface area contributed by atoms with Crippen molar-refractivity contribution in [2.24, 2.45) is 0 Å². The van der Waals surface area contributed by atoms with Crippen molar-refractivity contribution in [3.63, 3.8) is 0 Å². The summed E-state index contributed by atoms with van der Waals surface area (Å²) in [5, 5.41) is 0. The number of allylic oxidation sites excluding steroid dienone is 1. The average Bonchev–Trinajstić information content (AvgIpc) is 2.35. The molecule has 3 heteroatoms. The van der Waals surface area contributed by atoms with E-state index in [0.717, 1.165) is 4.46 Å². The molecule has 0 aliphatic rings. The Hall–Kier alpha value is -1.49. The second-order valence-corrected chi connectivity index (χ2v) is 5.23. The molecule has 0 unspecified atom stereocenters. The van der Waals surface area contributed by atoms with E-state index in [1.165, 1.54) is 0 Å². The first kappa shape index (κ1) is 13.6. The molecule has 1 rings (SSSR count). The molecule has 2 nitrogen and oxygen atoms in total. The maximum atomic E-state index is 11.4. The van der Waals surface area contributed by atoms with Crippen LogP contribution < -0.4 is 4.46 Å². The van der Waals surface area contributed by atoms with Crippen molar-refractivity contribution in [1.82, 2.24) is 0 Å². The first-order valence-corrected chi connectivity index (χ1v) is 7.00. The Morgan fingerprint density at radius 2 is 2.12 bits per heavy atom. The monoisotopic (exact) mass is 294 g/mol. The molecule has 0 fully saturated rings. The Balaban J connectivity index is 2.18. The van der Waals surface area contributed by atoms with Crippen molar-refractivity contribution in [2.75, 3.05) is 6.61 Å². The number of hydrogen-bond acceptors (Lipinski definition) is 2. The summed E-state index contributed by atoms with van der Waals surface area (Å²) in [6.45, 7) is 3.94. The number of rotatable bonds is 5. The molecule has 1 aromatic carbocycles. The van der Waals surface area contributed by atoms with E-state index in [0.29, 0.717) is 19.4 Å². The van der Waals surface area contributed by atoms with Gasteiger partial charge in [0.05, 0.1) is 0 Å². The fourth-order valence-electron chi connectivity index (χ4n) is 1.03. The summed E-state index contributed by atoms with van der Waals surface area (Å²) in [5.41, 5.74) is 0. The Labute approximate surface area is 108 Å². The van der Waals surface area contributed by atoms with Crippen LogP contribution in [0.4, 0.5) is 4.79 Å². The van der Waals surface area contributed by atoms with Crippen LogP contribution in [0.5, 0.6) is 0 Å². The molecule has 0 spiro atoms. The Morgan fingerprint density at radius 3 is 2.82 bits per heavy atom. The second kappa shape index (κ2) is 8.64. The van der Waals surface area contributed by atoms with Crippen LogP contribution >= 0.6 is 0 Å². The molecule has 88 valence electrons. The van der Waals surface area contributed by atoms with Crippen LogP contribution in [0.2, 0.25) is 0 Å². The summed E-state index contributed by atoms with van der Waals surface area (Å²) in [6, 6.07) is 9.65. The minimum atomic E-state index is -0.254. The van der Waals surface area contributed by atoms with Crippen molar-refractivity contribution >= 4 is 24.3 Å². The predicted molar refractivity (Wildman–Crippen MR) is 70.4 cm³/mol. The summed E-state index contributed by atoms with van der Waals surface area (Å²) in [6.07, 6.45) is 3.02. The molecule has 0 heterocycles. The zero-order valence-corrected chi connectivity index (χ0v) is 11.2. The number of ether oxygens (including phenoxy) is 1. The van der Waals surface area contributed by atoms with Gasteiger partial charge >= 0.3 is 108 Å². The van der Waals surface area contributed by atoms with Crippen LogP contribution in [0.1, 0.15) is 12.8 Å². The van der Waals surface area contributed by atoms with Gasteiger partial charge in [-0.3, -0.25) is 0 Å². The standard InChI is InChI=1S/C14H14O2Se/c1-2-3-4-5-9-12-16-14(15)17-13-10-7-6-8-11-13/h2,6-8,10-11H,1,3,9,12H2. The van der Waals surface area contributed by atoms with Crippen LogP contribution in [0.3, 0.4) is 0 Å². The normalized spacial score (nSPS) is 8.94. The van der Waals surface area contributed by atoms with Gasteiger partial charge in [-0.15, -0.1) is 0 Å². The van der Waals surface area contributed by atoms with Gasteiger partial charge in [0.15, 0.2) is 0 Å². The molecule has 0 bridgehead atoms. The first-order valence-electron chi connectivity index (χ1n) is 5.29. The van der Waals surface area contributed by atoms with Gasteiger partial charge in [0.2, 0.25) is 0 Å². The summed E-state index contributed by atoms with van der Waals surface area (Å²) in [4.78, 5) is 11.3. The zero-order valence-electron chi connectivity index (χ0n) is 9.52. The third-order valence-electron chi connectivity index (χ3n) is 1.76. The minimum absolute atomic E-state index is 0.144. The molecule has 0 saturated carbocycles. The summed E-state index contributed by atoms with van der Waals surface area (Å²) >= 11 is -0.254. The third-order valence-corrected chi connectivity index (χ3v) is 3.43. The number of benzene rings is 1. The molecule has 17 heavy (non-hydrogen) atoms. The molecule has 0 aliphatic heterocycles. The van der Waals surface area contributed by atoms with Gasteiger partial charge in [0.1, 0.15) is 0 Å². The first-order chi connectivity index (χ1) is 8.33. The second-order valence-electron chi connectivity index (χ2n) is 3.11. The summed E-state index contributed by atoms with van der Waals surface area (Å²) in [5.74, 6) is 5.82. The molecular formula is C14H14O2Se. The van der Waals surface area contributed by atoms with Gasteiger partial charge in [-0.1, -0.05) is 0 Å². The van der Waals surface area contributed by atoms with Crippen molar-refractivity contribution in [3.8, 4) is 11.8 Å². The van der Waals surface area contributed by atoms with E-state index in [1.807, 2.05) is 30.3 Å². The number of hydrogen-bond donors (Lipinski definition) is 0. The SMILES string of the molecule is C=CCC#CCCOC(=O)[Se]c1ccccc1. The number of carbonyl (C=O) groups is 1. The van der Waals surface area contributed by atoms with E-state index in [1.54, 1.807) is 6.08 Å². The fourth-order valence-corrected chi connectivity index (χ4v) is 2.35. The topological polar surface area (TPSA) is 26.3 Å². The molecule has 0 N–H and O–H groups in total. The quantitative estimate of drug-likeness (QED) is 0.360. The van der Waals surface area contributed by atoms with Crippen LogP contribution in [-0.2, 0) is 4.74 Å². The predicted octanol–water partition coefficient (Wildman–Crippen LogP) is 2.12. The molecule has 0 aromatic heterocycles. The van der Waals surface area contributed by atoms with E-state index in [4.69, 9.17) is 4.74 Å². The van der Waals surface area contributed by atoms with Gasteiger partial charge in [-0.2, -0.15) is 0 Å². The average molecular weight is 293 g/mol. The van der Waals surface area contributed by atoms with Gasteiger partial charge in [-0.05, 0) is 0 Å². The molecular weight excluding hydrogens is 279 g/mol. The van der Waals surface area contributed by atoms with Gasteiger partial charge < -0.3 is 0 Å². The van der Waals surface area contributed by atoms with Gasteiger partial charge in [0.25, 0.3) is 0 Å². The van der Waals surface area contributed by atoms with E-state index >= 15 is 0 Å². The molecule has 0 radical (unpaired) electrons. The van der Waals surface area contributed by atoms with Crippen molar-refractivity contribution < 1.29 is 9.53 Å². The summed E-state index contributed by atoms with van der Waals surface area (Å²) in [7, 11) is 0. The van der Waals surface area contributed by atoms with Crippen LogP contribution in [0.25, 0.3) is 0 Å². The molecule has 1 aromatic rings. The Kier molecular flexibility index (Phi) is 6.90. The fraction of sp³-hybridized carbons (Fsp3) is 0.214. The zero-order chi connectivity index (χ0) is 12.3. The van der Waals surface area contributed by atoms with E-state index in [-0.39, 0.29) is 19.8 Å². The molecule has 0 saturated heterocycles. The van der Waals surface area contributed by atoms with E-state index in [9.17, 15) is 4.79 Å². The van der Waals surface area contributed by atoms with E-state index in [2.05, 4.69) is 18.4 Å². The Bertz CT molecular complexity index is 415. The molecule has 0 aliphatic carbocycles. The van der Waals surface area contributed by atoms with Gasteiger partial charge in [0, 0.05) is 0 Å². The third kappa shape index (κ3) is 6.63. The molecule has 0 atom stereocenters. The van der Waals surface area contributed by atoms with Crippen LogP contribution in [0, 0.1) is 11.8 Å². The summed E-state index contributed by atoms with van der Waals surface area (Å²) < 4.78 is 6.12. The van der Waals surface area contributed by atoms with Crippen molar-refractivity contribution in [1.29, 1.82) is 0 Å². The van der Waals surface area contributed by atoms with Crippen molar-refractivity contribution in [3.05, 3.63) is 43.0 Å². The number of carbonyl (C=O) groups excluding carboxylic acids is 1. The van der Waals surface area contributed by atoms with E-state index < -0.39 is 0 Å². The van der Waals surface area contributed by atoms with Crippen molar-refractivity contribution in [2.45, 2.75) is 12.8 Å². The maximum absolute atomic E-state index is 11.4. The van der Waals surface area contributed by atoms with Crippen LogP contribution in [-0.4, -0.2) is 26.4 Å². The molecule has 0 amide bonds.